The molecular formula is C25H17ClF3N5O. The number of pyridine rings is 1. The smallest absolute Gasteiger partial charge is 0.338 e. The number of halogens is 4. The number of alkyl halides is 3. The van der Waals surface area contributed by atoms with Crippen molar-refractivity contribution in [2.24, 2.45) is 0 Å². The molecule has 0 saturated carbocycles. The molecule has 0 saturated heterocycles. The number of fused-ring (bicyclic) bond motifs is 1. The maximum atomic E-state index is 12.9. The molecule has 10 heteroatoms. The average Bonchev–Trinajstić information content (AvgIpc) is 3.49. The fourth-order valence-electron chi connectivity index (χ4n) is 3.73. The van der Waals surface area contributed by atoms with Gasteiger partial charge in [-0.25, -0.2) is 9.97 Å². The third-order valence-corrected chi connectivity index (χ3v) is 5.80. The van der Waals surface area contributed by atoms with Gasteiger partial charge in [-0.3, -0.25) is 4.79 Å². The average molecular weight is 496 g/mol. The van der Waals surface area contributed by atoms with Crippen molar-refractivity contribution in [1.29, 1.82) is 0 Å². The number of anilines is 1. The summed E-state index contributed by atoms with van der Waals surface area (Å²) in [5, 5.41) is 3.11. The quantitative estimate of drug-likeness (QED) is 0.293. The van der Waals surface area contributed by atoms with E-state index in [1.165, 1.54) is 6.92 Å². The van der Waals surface area contributed by atoms with Crippen LogP contribution in [0.5, 0.6) is 0 Å². The van der Waals surface area contributed by atoms with Crippen LogP contribution in [0.1, 0.15) is 21.7 Å². The van der Waals surface area contributed by atoms with E-state index >= 15 is 0 Å². The molecule has 3 heterocycles. The van der Waals surface area contributed by atoms with Crippen LogP contribution < -0.4 is 5.32 Å². The number of carbonyl (C=O) groups excluding carboxylic acids is 1. The zero-order chi connectivity index (χ0) is 24.7. The number of hydrogen-bond acceptors (Lipinski definition) is 3. The number of H-pyrrole nitrogens is 1. The van der Waals surface area contributed by atoms with Gasteiger partial charge < -0.3 is 14.9 Å². The van der Waals surface area contributed by atoms with Crippen LogP contribution in [-0.2, 0) is 6.18 Å². The van der Waals surface area contributed by atoms with Crippen LogP contribution in [-0.4, -0.2) is 25.4 Å². The van der Waals surface area contributed by atoms with Gasteiger partial charge in [0, 0.05) is 29.3 Å². The molecule has 5 aromatic rings. The lowest BCUT2D eigenvalue weighted by Crippen LogP contribution is -2.16. The van der Waals surface area contributed by atoms with Gasteiger partial charge in [-0.1, -0.05) is 11.6 Å². The van der Waals surface area contributed by atoms with Crippen molar-refractivity contribution >= 4 is 34.2 Å². The van der Waals surface area contributed by atoms with Crippen molar-refractivity contribution in [3.63, 3.8) is 0 Å². The minimum Gasteiger partial charge on any atom is -0.338 e. The Hall–Kier alpha value is -4.11. The lowest BCUT2D eigenvalue weighted by molar-refractivity contribution is -0.141. The Kier molecular flexibility index (Phi) is 5.56. The fraction of sp³-hybridized carbons (Fsp3) is 0.0800. The van der Waals surface area contributed by atoms with Gasteiger partial charge in [0.2, 0.25) is 0 Å². The van der Waals surface area contributed by atoms with Crippen LogP contribution in [0.4, 0.5) is 18.9 Å². The molecule has 1 amide bonds. The van der Waals surface area contributed by atoms with Crippen molar-refractivity contribution in [3.8, 4) is 17.1 Å². The summed E-state index contributed by atoms with van der Waals surface area (Å²) in [6, 6.07) is 16.4. The molecule has 3 aromatic heterocycles. The Bertz CT molecular complexity index is 1560. The van der Waals surface area contributed by atoms with E-state index in [4.69, 9.17) is 11.6 Å². The van der Waals surface area contributed by atoms with E-state index in [2.05, 4.69) is 20.3 Å². The Balaban J connectivity index is 1.43. The molecule has 5 rings (SSSR count). The summed E-state index contributed by atoms with van der Waals surface area (Å²) in [7, 11) is 0. The molecule has 0 atom stereocenters. The van der Waals surface area contributed by atoms with Crippen LogP contribution in [0, 0.1) is 6.92 Å². The van der Waals surface area contributed by atoms with E-state index in [1.54, 1.807) is 18.2 Å². The summed E-state index contributed by atoms with van der Waals surface area (Å²) in [6.45, 7) is 1.35. The minimum absolute atomic E-state index is 0.0257. The van der Waals surface area contributed by atoms with Gasteiger partial charge in [-0.05, 0) is 67.6 Å². The predicted octanol–water partition coefficient (Wildman–Crippen LogP) is 6.65. The van der Waals surface area contributed by atoms with Gasteiger partial charge in [-0.2, -0.15) is 13.2 Å². The highest BCUT2D eigenvalue weighted by molar-refractivity contribution is 6.33. The molecule has 2 aromatic carbocycles. The highest BCUT2D eigenvalue weighted by atomic mass is 35.5. The monoisotopic (exact) mass is 495 g/mol. The van der Waals surface area contributed by atoms with Crippen molar-refractivity contribution in [2.45, 2.75) is 13.1 Å². The molecule has 0 bridgehead atoms. The number of nitrogens with one attached hydrogen (secondary N) is 2. The molecule has 176 valence electrons. The van der Waals surface area contributed by atoms with Gasteiger partial charge in [0.15, 0.2) is 0 Å². The number of nitrogens with zero attached hydrogens (tertiary/aromatic N) is 3. The summed E-state index contributed by atoms with van der Waals surface area (Å²) in [4.78, 5) is 24.1. The van der Waals surface area contributed by atoms with Crippen LogP contribution in [0.2, 0.25) is 5.02 Å². The molecule has 0 aliphatic rings. The maximum Gasteiger partial charge on any atom is 0.433 e. The zero-order valence-electron chi connectivity index (χ0n) is 18.2. The number of amides is 1. The topological polar surface area (TPSA) is 75.6 Å². The van der Waals surface area contributed by atoms with Crippen LogP contribution in [0.25, 0.3) is 28.1 Å². The standard InChI is InChI=1S/C25H17ClF3N5O/c1-14-17(6-9-22(30-14)25(27,28)29)24(35)31-15-4-7-19(26)18(12-15)23-32-20-8-5-16(13-21(20)33-23)34-10-2-3-11-34/h2-13H,1H3,(H,31,35)(H,32,33). The van der Waals surface area contributed by atoms with E-state index in [9.17, 15) is 18.0 Å². The number of aromatic nitrogens is 4. The van der Waals surface area contributed by atoms with Gasteiger partial charge in [0.05, 0.1) is 27.3 Å². The number of aromatic amines is 1. The molecule has 35 heavy (non-hydrogen) atoms. The Morgan fingerprint density at radius 3 is 2.51 bits per heavy atom. The molecule has 0 radical (unpaired) electrons. The molecule has 0 fully saturated rings. The third kappa shape index (κ3) is 4.50. The van der Waals surface area contributed by atoms with Gasteiger partial charge >= 0.3 is 6.18 Å². The SMILES string of the molecule is Cc1nc(C(F)(F)F)ccc1C(=O)Nc1ccc(Cl)c(-c2nc3ccc(-n4cccc4)cc3[nH]2)c1. The number of imidazole rings is 1. The Morgan fingerprint density at radius 1 is 1.03 bits per heavy atom. The van der Waals surface area contributed by atoms with Crippen LogP contribution in [0.15, 0.2) is 73.1 Å². The van der Waals surface area contributed by atoms with Crippen molar-refractivity contribution in [3.05, 3.63) is 95.0 Å². The molecule has 2 N–H and O–H groups in total. The van der Waals surface area contributed by atoms with Crippen molar-refractivity contribution in [1.82, 2.24) is 19.5 Å². The summed E-state index contributed by atoms with van der Waals surface area (Å²) in [6.07, 6.45) is -0.704. The second kappa shape index (κ2) is 8.59. The number of carbonyl (C=O) groups is 1. The van der Waals surface area contributed by atoms with Crippen LogP contribution >= 0.6 is 11.6 Å². The van der Waals surface area contributed by atoms with Crippen molar-refractivity contribution < 1.29 is 18.0 Å². The molecule has 0 unspecified atom stereocenters. The first-order chi connectivity index (χ1) is 16.7. The predicted molar refractivity (Wildman–Crippen MR) is 128 cm³/mol. The Morgan fingerprint density at radius 2 is 1.80 bits per heavy atom. The molecule has 0 aliphatic heterocycles. The number of benzene rings is 2. The number of aryl methyl sites for hydroxylation is 1. The number of hydrogen-bond donors (Lipinski definition) is 2. The highest BCUT2D eigenvalue weighted by Crippen LogP contribution is 2.32. The summed E-state index contributed by atoms with van der Waals surface area (Å²) in [5.41, 5.74) is 2.44. The van der Waals surface area contributed by atoms with Gasteiger partial charge in [0.25, 0.3) is 5.91 Å². The lowest BCUT2D eigenvalue weighted by atomic mass is 10.1. The van der Waals surface area contributed by atoms with Gasteiger partial charge in [0.1, 0.15) is 11.5 Å². The van der Waals surface area contributed by atoms with E-state index < -0.39 is 17.8 Å². The summed E-state index contributed by atoms with van der Waals surface area (Å²) >= 11 is 6.42. The third-order valence-electron chi connectivity index (χ3n) is 5.47. The highest BCUT2D eigenvalue weighted by Gasteiger charge is 2.33. The second-order valence-electron chi connectivity index (χ2n) is 7.85. The summed E-state index contributed by atoms with van der Waals surface area (Å²) < 4.78 is 40.6. The van der Waals surface area contributed by atoms with E-state index in [0.717, 1.165) is 28.9 Å². The first kappa shape index (κ1) is 22.7. The molecular weight excluding hydrogens is 479 g/mol. The second-order valence-corrected chi connectivity index (χ2v) is 8.26. The largest absolute Gasteiger partial charge is 0.433 e. The van der Waals surface area contributed by atoms with Gasteiger partial charge in [-0.15, -0.1) is 0 Å². The zero-order valence-corrected chi connectivity index (χ0v) is 18.9. The van der Waals surface area contributed by atoms with Crippen LogP contribution in [0.3, 0.4) is 0 Å². The first-order valence-corrected chi connectivity index (χ1v) is 10.9. The molecule has 6 nitrogen and oxygen atoms in total. The maximum absolute atomic E-state index is 12.9. The van der Waals surface area contributed by atoms with Crippen molar-refractivity contribution in [2.75, 3.05) is 5.32 Å². The minimum atomic E-state index is -4.58. The normalized spacial score (nSPS) is 11.7. The summed E-state index contributed by atoms with van der Waals surface area (Å²) in [5.74, 6) is -0.0731. The number of rotatable bonds is 4. The first-order valence-electron chi connectivity index (χ1n) is 10.5. The van der Waals surface area contributed by atoms with E-state index in [0.29, 0.717) is 22.1 Å². The Labute approximate surface area is 202 Å². The van der Waals surface area contributed by atoms with E-state index in [-0.39, 0.29) is 11.3 Å². The lowest BCUT2D eigenvalue weighted by Gasteiger charge is -2.11. The fourth-order valence-corrected chi connectivity index (χ4v) is 3.94. The molecule has 0 spiro atoms. The van der Waals surface area contributed by atoms with E-state index in [1.807, 2.05) is 47.3 Å². The molecule has 0 aliphatic carbocycles.